The lowest BCUT2D eigenvalue weighted by Gasteiger charge is -2.24. The van der Waals surface area contributed by atoms with Gasteiger partial charge in [0, 0.05) is 6.20 Å². The standard InChI is InChI=1S/C16H16N2O3S/c1-21-14-8-11(5-6-13(14)19)16-18(15(20)10-22-16)9-12-4-2-3-7-17-12/h2-8,16,19H,9-10H2,1H3/t16-/m1/s1. The fraction of sp³-hybridized carbons (Fsp3) is 0.250. The van der Waals surface area contributed by atoms with Gasteiger partial charge >= 0.3 is 0 Å². The second kappa shape index (κ2) is 6.27. The Labute approximate surface area is 132 Å². The summed E-state index contributed by atoms with van der Waals surface area (Å²) in [6.07, 6.45) is 1.72. The number of pyridine rings is 1. The average Bonchev–Trinajstić information content (AvgIpc) is 2.90. The molecule has 5 nitrogen and oxygen atoms in total. The third kappa shape index (κ3) is 2.87. The van der Waals surface area contributed by atoms with Gasteiger partial charge in [-0.05, 0) is 29.8 Å². The first-order valence-electron chi connectivity index (χ1n) is 6.87. The van der Waals surface area contributed by atoms with Crippen LogP contribution in [0.15, 0.2) is 42.6 Å². The Bertz CT molecular complexity index is 678. The van der Waals surface area contributed by atoms with Crippen molar-refractivity contribution in [1.82, 2.24) is 9.88 Å². The van der Waals surface area contributed by atoms with E-state index in [0.717, 1.165) is 11.3 Å². The van der Waals surface area contributed by atoms with Crippen LogP contribution in [0.4, 0.5) is 0 Å². The third-order valence-corrected chi connectivity index (χ3v) is 4.77. The lowest BCUT2D eigenvalue weighted by Crippen LogP contribution is -2.28. The maximum Gasteiger partial charge on any atom is 0.234 e. The predicted molar refractivity (Wildman–Crippen MR) is 84.6 cm³/mol. The van der Waals surface area contributed by atoms with Crippen molar-refractivity contribution >= 4 is 17.7 Å². The van der Waals surface area contributed by atoms with Gasteiger partial charge in [-0.25, -0.2) is 0 Å². The molecule has 0 unspecified atom stereocenters. The molecular formula is C16H16N2O3S. The first-order valence-corrected chi connectivity index (χ1v) is 7.92. The highest BCUT2D eigenvalue weighted by Gasteiger charge is 2.33. The van der Waals surface area contributed by atoms with Crippen LogP contribution in [0.3, 0.4) is 0 Å². The molecule has 1 amide bonds. The molecule has 1 atom stereocenters. The predicted octanol–water partition coefficient (Wildman–Crippen LogP) is 2.57. The molecule has 0 radical (unpaired) electrons. The van der Waals surface area contributed by atoms with E-state index < -0.39 is 0 Å². The van der Waals surface area contributed by atoms with E-state index in [1.165, 1.54) is 7.11 Å². The van der Waals surface area contributed by atoms with E-state index in [2.05, 4.69) is 4.98 Å². The Kier molecular flexibility index (Phi) is 4.20. The highest BCUT2D eigenvalue weighted by molar-refractivity contribution is 8.00. The molecular weight excluding hydrogens is 300 g/mol. The van der Waals surface area contributed by atoms with E-state index in [1.54, 1.807) is 35.0 Å². The summed E-state index contributed by atoms with van der Waals surface area (Å²) in [4.78, 5) is 18.3. The summed E-state index contributed by atoms with van der Waals surface area (Å²) in [6, 6.07) is 10.9. The van der Waals surface area contributed by atoms with Gasteiger partial charge in [0.1, 0.15) is 5.37 Å². The number of phenolic OH excluding ortho intramolecular Hbond substituents is 1. The highest BCUT2D eigenvalue weighted by atomic mass is 32.2. The SMILES string of the molecule is COc1cc([C@H]2SCC(=O)N2Cc2ccccn2)ccc1O. The zero-order valence-corrected chi connectivity index (χ0v) is 12.9. The minimum atomic E-state index is -0.0935. The quantitative estimate of drug-likeness (QED) is 0.939. The Morgan fingerprint density at radius 2 is 2.27 bits per heavy atom. The van der Waals surface area contributed by atoms with E-state index in [0.29, 0.717) is 18.0 Å². The van der Waals surface area contributed by atoms with Crippen molar-refractivity contribution < 1.29 is 14.6 Å². The van der Waals surface area contributed by atoms with E-state index >= 15 is 0 Å². The topological polar surface area (TPSA) is 62.7 Å². The molecule has 1 aliphatic rings. The molecule has 1 aliphatic heterocycles. The number of carbonyl (C=O) groups is 1. The van der Waals surface area contributed by atoms with Crippen LogP contribution in [-0.4, -0.2) is 33.8 Å². The first-order chi connectivity index (χ1) is 10.7. The number of aromatic hydroxyl groups is 1. The van der Waals surface area contributed by atoms with Crippen molar-refractivity contribution in [1.29, 1.82) is 0 Å². The van der Waals surface area contributed by atoms with Gasteiger partial charge in [0.25, 0.3) is 0 Å². The zero-order chi connectivity index (χ0) is 15.5. The van der Waals surface area contributed by atoms with E-state index in [9.17, 15) is 9.90 Å². The molecule has 0 aliphatic carbocycles. The van der Waals surface area contributed by atoms with E-state index in [4.69, 9.17) is 4.74 Å². The number of amides is 1. The number of thioether (sulfide) groups is 1. The molecule has 1 fully saturated rings. The van der Waals surface area contributed by atoms with Gasteiger partial charge in [-0.1, -0.05) is 12.1 Å². The number of hydrogen-bond acceptors (Lipinski definition) is 5. The molecule has 1 aromatic carbocycles. The largest absolute Gasteiger partial charge is 0.504 e. The van der Waals surface area contributed by atoms with Crippen LogP contribution in [0.2, 0.25) is 0 Å². The number of ether oxygens (including phenoxy) is 1. The van der Waals surface area contributed by atoms with E-state index in [1.807, 2.05) is 24.3 Å². The summed E-state index contributed by atoms with van der Waals surface area (Å²) < 4.78 is 5.15. The number of methoxy groups -OCH3 is 1. The molecule has 1 aromatic heterocycles. The van der Waals surface area contributed by atoms with Gasteiger partial charge in [-0.15, -0.1) is 11.8 Å². The number of benzene rings is 1. The lowest BCUT2D eigenvalue weighted by molar-refractivity contribution is -0.128. The Morgan fingerprint density at radius 1 is 1.41 bits per heavy atom. The molecule has 6 heteroatoms. The van der Waals surface area contributed by atoms with Crippen molar-refractivity contribution in [3.8, 4) is 11.5 Å². The Morgan fingerprint density at radius 3 is 3.00 bits per heavy atom. The van der Waals surface area contributed by atoms with Gasteiger partial charge in [0.15, 0.2) is 11.5 Å². The van der Waals surface area contributed by atoms with Crippen molar-refractivity contribution in [2.75, 3.05) is 12.9 Å². The van der Waals surface area contributed by atoms with Gasteiger partial charge in [0.2, 0.25) is 5.91 Å². The van der Waals surface area contributed by atoms with Crippen LogP contribution < -0.4 is 4.74 Å². The number of carbonyl (C=O) groups excluding carboxylic acids is 1. The number of rotatable bonds is 4. The summed E-state index contributed by atoms with van der Waals surface area (Å²) in [5.41, 5.74) is 1.79. The number of nitrogens with zero attached hydrogens (tertiary/aromatic N) is 2. The molecule has 114 valence electrons. The van der Waals surface area contributed by atoms with Crippen LogP contribution >= 0.6 is 11.8 Å². The van der Waals surface area contributed by atoms with Gasteiger partial charge < -0.3 is 14.7 Å². The summed E-state index contributed by atoms with van der Waals surface area (Å²) in [6.45, 7) is 0.473. The van der Waals surface area contributed by atoms with Crippen molar-refractivity contribution in [2.45, 2.75) is 11.9 Å². The van der Waals surface area contributed by atoms with Crippen molar-refractivity contribution in [2.24, 2.45) is 0 Å². The molecule has 2 heterocycles. The molecule has 0 saturated carbocycles. The summed E-state index contributed by atoms with van der Waals surface area (Å²) >= 11 is 1.57. The normalized spacial score (nSPS) is 17.8. The fourth-order valence-corrected chi connectivity index (χ4v) is 3.59. The van der Waals surface area contributed by atoms with Crippen molar-refractivity contribution in [3.05, 3.63) is 53.9 Å². The maximum absolute atomic E-state index is 12.2. The van der Waals surface area contributed by atoms with Gasteiger partial charge in [-0.3, -0.25) is 9.78 Å². The van der Waals surface area contributed by atoms with Crippen LogP contribution in [0, 0.1) is 0 Å². The summed E-state index contributed by atoms with van der Waals surface area (Å²) in [5, 5.41) is 9.62. The molecule has 1 N–H and O–H groups in total. The Balaban J connectivity index is 1.87. The van der Waals surface area contributed by atoms with Crippen LogP contribution in [0.1, 0.15) is 16.6 Å². The molecule has 2 aromatic rings. The van der Waals surface area contributed by atoms with Gasteiger partial charge in [0.05, 0.1) is 25.1 Å². The maximum atomic E-state index is 12.2. The smallest absolute Gasteiger partial charge is 0.234 e. The highest BCUT2D eigenvalue weighted by Crippen LogP contribution is 2.41. The third-order valence-electron chi connectivity index (χ3n) is 3.52. The monoisotopic (exact) mass is 316 g/mol. The number of aromatic nitrogens is 1. The summed E-state index contributed by atoms with van der Waals surface area (Å²) in [7, 11) is 1.51. The minimum Gasteiger partial charge on any atom is -0.504 e. The first kappa shape index (κ1) is 14.7. The minimum absolute atomic E-state index is 0.0905. The second-order valence-corrected chi connectivity index (χ2v) is 6.01. The van der Waals surface area contributed by atoms with Crippen LogP contribution in [0.5, 0.6) is 11.5 Å². The second-order valence-electron chi connectivity index (χ2n) is 4.94. The molecule has 22 heavy (non-hydrogen) atoms. The lowest BCUT2D eigenvalue weighted by atomic mass is 10.1. The molecule has 1 saturated heterocycles. The number of hydrogen-bond donors (Lipinski definition) is 1. The van der Waals surface area contributed by atoms with Crippen LogP contribution in [0.25, 0.3) is 0 Å². The Hall–Kier alpha value is -2.21. The average molecular weight is 316 g/mol. The van der Waals surface area contributed by atoms with Crippen molar-refractivity contribution in [3.63, 3.8) is 0 Å². The molecule has 0 bridgehead atoms. The molecule has 3 rings (SSSR count). The zero-order valence-electron chi connectivity index (χ0n) is 12.1. The van der Waals surface area contributed by atoms with Crippen LogP contribution in [-0.2, 0) is 11.3 Å². The fourth-order valence-electron chi connectivity index (χ4n) is 2.42. The van der Waals surface area contributed by atoms with Gasteiger partial charge in [-0.2, -0.15) is 0 Å². The number of phenols is 1. The van der Waals surface area contributed by atoms with E-state index in [-0.39, 0.29) is 17.0 Å². The molecule has 0 spiro atoms. The summed E-state index contributed by atoms with van der Waals surface area (Å²) in [5.74, 6) is 1.04.